The Morgan fingerprint density at radius 3 is 2.07 bits per heavy atom. The fourth-order valence-electron chi connectivity index (χ4n) is 0.728. The van der Waals surface area contributed by atoms with E-state index in [0.717, 1.165) is 6.92 Å². The van der Waals surface area contributed by atoms with Crippen molar-refractivity contribution in [1.82, 2.24) is 0 Å². The molecule has 0 aliphatic rings. The molecule has 0 aliphatic carbocycles. The highest BCUT2D eigenvalue weighted by molar-refractivity contribution is 5.62. The molecule has 0 bridgehead atoms. The van der Waals surface area contributed by atoms with E-state index in [4.69, 9.17) is 9.90 Å². The molecule has 0 atom stereocenters. The van der Waals surface area contributed by atoms with Crippen LogP contribution in [0.15, 0.2) is 24.3 Å². The van der Waals surface area contributed by atoms with Crippen LogP contribution in [0, 0.1) is 5.92 Å². The summed E-state index contributed by atoms with van der Waals surface area (Å²) in [5, 5.41) is 7.42. The van der Waals surface area contributed by atoms with Crippen molar-refractivity contribution in [3.63, 3.8) is 0 Å². The van der Waals surface area contributed by atoms with Crippen molar-refractivity contribution in [2.45, 2.75) is 40.5 Å². The van der Waals surface area contributed by atoms with Gasteiger partial charge in [-0.15, -0.1) is 0 Å². The zero-order chi connectivity index (χ0) is 11.4. The molecule has 1 N–H and O–H groups in total. The molecule has 0 fully saturated rings. The van der Waals surface area contributed by atoms with Crippen LogP contribution in [0.25, 0.3) is 0 Å². The average molecular weight is 198 g/mol. The van der Waals surface area contributed by atoms with Gasteiger partial charge in [0.2, 0.25) is 0 Å². The highest BCUT2D eigenvalue weighted by atomic mass is 16.4. The van der Waals surface area contributed by atoms with E-state index in [1.807, 2.05) is 0 Å². The van der Waals surface area contributed by atoms with Gasteiger partial charge >= 0.3 is 0 Å². The molecule has 0 aromatic rings. The Morgan fingerprint density at radius 1 is 1.29 bits per heavy atom. The molecule has 0 aliphatic heterocycles. The monoisotopic (exact) mass is 198 g/mol. The van der Waals surface area contributed by atoms with Crippen LogP contribution in [0.2, 0.25) is 0 Å². The Labute approximate surface area is 87.3 Å². The third kappa shape index (κ3) is 30.6. The molecule has 82 valence electrons. The van der Waals surface area contributed by atoms with E-state index in [9.17, 15) is 0 Å². The Hall–Kier alpha value is -1.05. The van der Waals surface area contributed by atoms with Crippen molar-refractivity contribution in [2.24, 2.45) is 5.92 Å². The van der Waals surface area contributed by atoms with Gasteiger partial charge in [0.1, 0.15) is 0 Å². The highest BCUT2D eigenvalue weighted by Gasteiger charge is 1.81. The SMILES string of the molecule is CC(=O)O.CC=CCCC=CC(C)C. The van der Waals surface area contributed by atoms with E-state index in [2.05, 4.69) is 45.1 Å². The Morgan fingerprint density at radius 2 is 1.71 bits per heavy atom. The van der Waals surface area contributed by atoms with Gasteiger partial charge in [-0.2, -0.15) is 0 Å². The molecule has 0 heterocycles. The predicted octanol–water partition coefficient (Wildman–Crippen LogP) is 3.65. The largest absolute Gasteiger partial charge is 0.481 e. The van der Waals surface area contributed by atoms with E-state index in [0.29, 0.717) is 5.92 Å². The molecule has 0 radical (unpaired) electrons. The van der Waals surface area contributed by atoms with Crippen molar-refractivity contribution in [2.75, 3.05) is 0 Å². The Bertz CT molecular complexity index is 175. The molecule has 2 nitrogen and oxygen atoms in total. The van der Waals surface area contributed by atoms with Gasteiger partial charge in [-0.1, -0.05) is 38.2 Å². The van der Waals surface area contributed by atoms with Gasteiger partial charge in [0.15, 0.2) is 0 Å². The van der Waals surface area contributed by atoms with Crippen molar-refractivity contribution >= 4 is 5.97 Å². The zero-order valence-electron chi connectivity index (χ0n) is 9.66. The van der Waals surface area contributed by atoms with Crippen molar-refractivity contribution in [3.05, 3.63) is 24.3 Å². The molecule has 0 rings (SSSR count). The van der Waals surface area contributed by atoms with Gasteiger partial charge in [-0.25, -0.2) is 0 Å². The molecule has 0 amide bonds. The van der Waals surface area contributed by atoms with E-state index >= 15 is 0 Å². The summed E-state index contributed by atoms with van der Waals surface area (Å²) in [7, 11) is 0. The molecule has 0 unspecified atom stereocenters. The second kappa shape index (κ2) is 11.9. The topological polar surface area (TPSA) is 37.3 Å². The van der Waals surface area contributed by atoms with E-state index < -0.39 is 5.97 Å². The van der Waals surface area contributed by atoms with Gasteiger partial charge in [0.25, 0.3) is 5.97 Å². The summed E-state index contributed by atoms with van der Waals surface area (Å²) >= 11 is 0. The Balaban J connectivity index is 0. The lowest BCUT2D eigenvalue weighted by Gasteiger charge is -1.91. The normalized spacial score (nSPS) is 10.6. The number of hydrogen-bond acceptors (Lipinski definition) is 1. The maximum Gasteiger partial charge on any atom is 0.300 e. The van der Waals surface area contributed by atoms with Crippen LogP contribution in [-0.2, 0) is 4.79 Å². The predicted molar refractivity (Wildman–Crippen MR) is 61.3 cm³/mol. The summed E-state index contributed by atoms with van der Waals surface area (Å²) in [5.41, 5.74) is 0. The first-order valence-electron chi connectivity index (χ1n) is 4.98. The molecule has 14 heavy (non-hydrogen) atoms. The maximum absolute atomic E-state index is 9.00. The lowest BCUT2D eigenvalue weighted by molar-refractivity contribution is -0.134. The third-order valence-electron chi connectivity index (χ3n) is 1.26. The summed E-state index contributed by atoms with van der Waals surface area (Å²) in [6.07, 6.45) is 11.2. The minimum absolute atomic E-state index is 0.700. The molecule has 2 heteroatoms. The van der Waals surface area contributed by atoms with Crippen LogP contribution in [0.5, 0.6) is 0 Å². The smallest absolute Gasteiger partial charge is 0.300 e. The van der Waals surface area contributed by atoms with Crippen LogP contribution < -0.4 is 0 Å². The van der Waals surface area contributed by atoms with Gasteiger partial charge in [0, 0.05) is 6.92 Å². The molecule has 0 aromatic heterocycles. The van der Waals surface area contributed by atoms with Crippen LogP contribution in [0.1, 0.15) is 40.5 Å². The minimum Gasteiger partial charge on any atom is -0.481 e. The molecule has 0 saturated heterocycles. The number of carboxylic acid groups (broad SMARTS) is 1. The Kier molecular flexibility index (Phi) is 13.2. The average Bonchev–Trinajstić information content (AvgIpc) is 2.02. The van der Waals surface area contributed by atoms with Crippen molar-refractivity contribution in [1.29, 1.82) is 0 Å². The van der Waals surface area contributed by atoms with Crippen LogP contribution in [0.4, 0.5) is 0 Å². The summed E-state index contributed by atoms with van der Waals surface area (Å²) in [4.78, 5) is 9.00. The fourth-order valence-corrected chi connectivity index (χ4v) is 0.728. The van der Waals surface area contributed by atoms with Gasteiger partial charge in [0.05, 0.1) is 0 Å². The number of aliphatic carboxylic acids is 1. The number of hydrogen-bond donors (Lipinski definition) is 1. The molecule has 0 saturated carbocycles. The number of allylic oxidation sites excluding steroid dienone is 4. The summed E-state index contributed by atoms with van der Waals surface area (Å²) in [6, 6.07) is 0. The number of unbranched alkanes of at least 4 members (excludes halogenated alkanes) is 1. The summed E-state index contributed by atoms with van der Waals surface area (Å²) in [5.74, 6) is -0.134. The first kappa shape index (κ1) is 15.4. The van der Waals surface area contributed by atoms with E-state index in [1.54, 1.807) is 0 Å². The highest BCUT2D eigenvalue weighted by Crippen LogP contribution is 1.98. The van der Waals surface area contributed by atoms with Crippen molar-refractivity contribution < 1.29 is 9.90 Å². The summed E-state index contributed by atoms with van der Waals surface area (Å²) in [6.45, 7) is 7.55. The standard InChI is InChI=1S/C10H18.C2H4O2/c1-4-5-6-7-8-9-10(2)3;1-2(3)4/h4-5,8-10H,6-7H2,1-3H3;1H3,(H,3,4). The lowest BCUT2D eigenvalue weighted by Crippen LogP contribution is -1.78. The maximum atomic E-state index is 9.00. The minimum atomic E-state index is -0.833. The lowest BCUT2D eigenvalue weighted by atomic mass is 10.2. The number of carboxylic acids is 1. The second-order valence-electron chi connectivity index (χ2n) is 3.34. The number of carbonyl (C=O) groups is 1. The first-order valence-corrected chi connectivity index (χ1v) is 4.98. The quantitative estimate of drug-likeness (QED) is 0.553. The molecular weight excluding hydrogens is 176 g/mol. The van der Waals surface area contributed by atoms with Crippen molar-refractivity contribution in [3.8, 4) is 0 Å². The van der Waals surface area contributed by atoms with Crippen LogP contribution in [0.3, 0.4) is 0 Å². The van der Waals surface area contributed by atoms with Crippen LogP contribution >= 0.6 is 0 Å². The third-order valence-corrected chi connectivity index (χ3v) is 1.26. The molecular formula is C12H22O2. The van der Waals surface area contributed by atoms with Crippen LogP contribution in [-0.4, -0.2) is 11.1 Å². The fraction of sp³-hybridized carbons (Fsp3) is 0.583. The van der Waals surface area contributed by atoms with Gasteiger partial charge in [-0.3, -0.25) is 4.79 Å². The van der Waals surface area contributed by atoms with E-state index in [-0.39, 0.29) is 0 Å². The number of rotatable bonds is 4. The summed E-state index contributed by atoms with van der Waals surface area (Å²) < 4.78 is 0. The second-order valence-corrected chi connectivity index (χ2v) is 3.34. The zero-order valence-corrected chi connectivity index (χ0v) is 9.66. The van der Waals surface area contributed by atoms with E-state index in [1.165, 1.54) is 12.8 Å². The first-order chi connectivity index (χ1) is 6.50. The molecule has 0 aromatic carbocycles. The van der Waals surface area contributed by atoms with Gasteiger partial charge < -0.3 is 5.11 Å². The molecule has 0 spiro atoms. The van der Waals surface area contributed by atoms with Gasteiger partial charge in [-0.05, 0) is 25.7 Å².